The molecule has 0 aliphatic carbocycles. The standard InChI is InChI=1S/C15H16N2O3/c1-9-6-7-20-14(9)13(18)10-4-5-11-12(8-10)17(3)15(19)16(11)2/h4-8,13,18H,1-3H3. The number of aliphatic hydroxyl groups excluding tert-OH is 1. The minimum absolute atomic E-state index is 0.0826. The number of fused-ring (bicyclic) bond motifs is 1. The minimum atomic E-state index is -0.829. The molecule has 0 bridgehead atoms. The average molecular weight is 272 g/mol. The van der Waals surface area contributed by atoms with E-state index in [-0.39, 0.29) is 5.69 Å². The van der Waals surface area contributed by atoms with Gasteiger partial charge in [-0.2, -0.15) is 0 Å². The van der Waals surface area contributed by atoms with Gasteiger partial charge in [0.25, 0.3) is 0 Å². The van der Waals surface area contributed by atoms with Crippen LogP contribution < -0.4 is 5.69 Å². The van der Waals surface area contributed by atoms with Gasteiger partial charge < -0.3 is 9.52 Å². The van der Waals surface area contributed by atoms with E-state index >= 15 is 0 Å². The van der Waals surface area contributed by atoms with E-state index in [1.165, 1.54) is 0 Å². The van der Waals surface area contributed by atoms with Crippen molar-refractivity contribution in [2.75, 3.05) is 0 Å². The molecule has 1 unspecified atom stereocenters. The normalized spacial score (nSPS) is 13.0. The molecule has 5 nitrogen and oxygen atoms in total. The summed E-state index contributed by atoms with van der Waals surface area (Å²) in [6.07, 6.45) is 0.731. The number of benzene rings is 1. The summed E-state index contributed by atoms with van der Waals surface area (Å²) < 4.78 is 8.48. The molecule has 104 valence electrons. The number of nitrogens with zero attached hydrogens (tertiary/aromatic N) is 2. The maximum atomic E-state index is 11.9. The lowest BCUT2D eigenvalue weighted by atomic mass is 10.0. The van der Waals surface area contributed by atoms with Crippen LogP contribution in [0.15, 0.2) is 39.7 Å². The summed E-state index contributed by atoms with van der Waals surface area (Å²) in [6, 6.07) is 7.29. The second-order valence-corrected chi connectivity index (χ2v) is 5.02. The highest BCUT2D eigenvalue weighted by Crippen LogP contribution is 2.27. The molecule has 0 spiro atoms. The maximum absolute atomic E-state index is 11.9. The van der Waals surface area contributed by atoms with Crippen LogP contribution in [-0.4, -0.2) is 14.2 Å². The maximum Gasteiger partial charge on any atom is 0.328 e. The van der Waals surface area contributed by atoms with Gasteiger partial charge in [0.15, 0.2) is 0 Å². The Balaban J connectivity index is 2.17. The number of aromatic nitrogens is 2. The Hall–Kier alpha value is -2.27. The molecule has 0 aliphatic heterocycles. The van der Waals surface area contributed by atoms with Crippen molar-refractivity contribution in [2.45, 2.75) is 13.0 Å². The summed E-state index contributed by atoms with van der Waals surface area (Å²) in [7, 11) is 3.45. The lowest BCUT2D eigenvalue weighted by Crippen LogP contribution is -2.19. The molecule has 5 heteroatoms. The van der Waals surface area contributed by atoms with Gasteiger partial charge in [0.2, 0.25) is 0 Å². The quantitative estimate of drug-likeness (QED) is 0.774. The van der Waals surface area contributed by atoms with Crippen LogP contribution in [0.1, 0.15) is 23.0 Å². The van der Waals surface area contributed by atoms with Crippen molar-refractivity contribution in [3.8, 4) is 0 Å². The fraction of sp³-hybridized carbons (Fsp3) is 0.267. The number of hydrogen-bond acceptors (Lipinski definition) is 3. The SMILES string of the molecule is Cc1ccoc1C(O)c1ccc2c(c1)n(C)c(=O)n2C. The first-order valence-electron chi connectivity index (χ1n) is 6.38. The average Bonchev–Trinajstić information content (AvgIpc) is 2.97. The minimum Gasteiger partial charge on any atom is -0.466 e. The van der Waals surface area contributed by atoms with Crippen molar-refractivity contribution in [3.63, 3.8) is 0 Å². The summed E-state index contributed by atoms with van der Waals surface area (Å²) >= 11 is 0. The zero-order valence-corrected chi connectivity index (χ0v) is 11.6. The van der Waals surface area contributed by atoms with Crippen molar-refractivity contribution >= 4 is 11.0 Å². The van der Waals surface area contributed by atoms with Gasteiger partial charge in [0.05, 0.1) is 17.3 Å². The van der Waals surface area contributed by atoms with E-state index in [4.69, 9.17) is 4.42 Å². The number of aliphatic hydroxyl groups is 1. The zero-order valence-electron chi connectivity index (χ0n) is 11.6. The van der Waals surface area contributed by atoms with E-state index in [1.54, 1.807) is 29.5 Å². The fourth-order valence-corrected chi connectivity index (χ4v) is 2.51. The summed E-state index contributed by atoms with van der Waals surface area (Å²) in [5.74, 6) is 0.533. The second-order valence-electron chi connectivity index (χ2n) is 5.02. The Morgan fingerprint density at radius 3 is 2.50 bits per heavy atom. The van der Waals surface area contributed by atoms with Gasteiger partial charge >= 0.3 is 5.69 Å². The first kappa shape index (κ1) is 12.7. The van der Waals surface area contributed by atoms with Crippen molar-refractivity contribution in [1.82, 2.24) is 9.13 Å². The van der Waals surface area contributed by atoms with Gasteiger partial charge in [0, 0.05) is 14.1 Å². The number of imidazole rings is 1. The highest BCUT2D eigenvalue weighted by atomic mass is 16.4. The molecule has 3 aromatic rings. The Bertz CT molecular complexity index is 839. The van der Waals surface area contributed by atoms with Crippen molar-refractivity contribution < 1.29 is 9.52 Å². The van der Waals surface area contributed by atoms with Crippen molar-refractivity contribution in [2.24, 2.45) is 14.1 Å². The topological polar surface area (TPSA) is 60.3 Å². The molecule has 3 rings (SSSR count). The van der Waals surface area contributed by atoms with Crippen LogP contribution in [0.4, 0.5) is 0 Å². The molecule has 2 heterocycles. The lowest BCUT2D eigenvalue weighted by molar-refractivity contribution is 0.188. The lowest BCUT2D eigenvalue weighted by Gasteiger charge is -2.10. The first-order chi connectivity index (χ1) is 9.50. The van der Waals surface area contributed by atoms with Crippen LogP contribution in [-0.2, 0) is 14.1 Å². The molecule has 0 saturated carbocycles. The molecule has 2 aromatic heterocycles. The number of furan rings is 1. The molecule has 0 saturated heterocycles. The molecular weight excluding hydrogens is 256 g/mol. The van der Waals surface area contributed by atoms with E-state index in [0.717, 1.165) is 16.6 Å². The summed E-state index contributed by atoms with van der Waals surface area (Å²) in [5.41, 5.74) is 3.15. The molecule has 1 aromatic carbocycles. The molecule has 0 fully saturated rings. The largest absolute Gasteiger partial charge is 0.466 e. The van der Waals surface area contributed by atoms with Crippen LogP contribution >= 0.6 is 0 Å². The Morgan fingerprint density at radius 1 is 1.15 bits per heavy atom. The Morgan fingerprint density at radius 2 is 1.85 bits per heavy atom. The highest BCUT2D eigenvalue weighted by Gasteiger charge is 2.18. The summed E-state index contributed by atoms with van der Waals surface area (Å²) in [4.78, 5) is 11.9. The highest BCUT2D eigenvalue weighted by molar-refractivity contribution is 5.77. The predicted molar refractivity (Wildman–Crippen MR) is 75.7 cm³/mol. The number of rotatable bonds is 2. The Labute approximate surface area is 115 Å². The van der Waals surface area contributed by atoms with Crippen LogP contribution in [0.2, 0.25) is 0 Å². The van der Waals surface area contributed by atoms with E-state index in [0.29, 0.717) is 11.3 Å². The smallest absolute Gasteiger partial charge is 0.328 e. The third-order valence-corrected chi connectivity index (χ3v) is 3.76. The summed E-state index contributed by atoms with van der Waals surface area (Å²) in [6.45, 7) is 1.89. The van der Waals surface area contributed by atoms with Crippen LogP contribution in [0, 0.1) is 6.92 Å². The van der Waals surface area contributed by atoms with Gasteiger partial charge in [-0.1, -0.05) is 6.07 Å². The van der Waals surface area contributed by atoms with Gasteiger partial charge in [-0.15, -0.1) is 0 Å². The van der Waals surface area contributed by atoms with Gasteiger partial charge in [-0.25, -0.2) is 4.79 Å². The predicted octanol–water partition coefficient (Wildman–Crippen LogP) is 1.86. The van der Waals surface area contributed by atoms with E-state index in [9.17, 15) is 9.90 Å². The van der Waals surface area contributed by atoms with Gasteiger partial charge in [0.1, 0.15) is 11.9 Å². The third-order valence-electron chi connectivity index (χ3n) is 3.76. The van der Waals surface area contributed by atoms with Gasteiger partial charge in [-0.05, 0) is 36.2 Å². The molecule has 1 N–H and O–H groups in total. The van der Waals surface area contributed by atoms with Crippen LogP contribution in [0.3, 0.4) is 0 Å². The van der Waals surface area contributed by atoms with Crippen LogP contribution in [0.5, 0.6) is 0 Å². The monoisotopic (exact) mass is 272 g/mol. The number of hydrogen-bond donors (Lipinski definition) is 1. The molecule has 0 amide bonds. The van der Waals surface area contributed by atoms with Crippen molar-refractivity contribution in [1.29, 1.82) is 0 Å². The Kier molecular flexibility index (Phi) is 2.79. The molecule has 0 radical (unpaired) electrons. The third kappa shape index (κ3) is 1.71. The molecule has 20 heavy (non-hydrogen) atoms. The fourth-order valence-electron chi connectivity index (χ4n) is 2.51. The van der Waals surface area contributed by atoms with E-state index < -0.39 is 6.10 Å². The van der Waals surface area contributed by atoms with Crippen molar-refractivity contribution in [3.05, 3.63) is 57.9 Å². The molecule has 1 atom stereocenters. The van der Waals surface area contributed by atoms with Crippen LogP contribution in [0.25, 0.3) is 11.0 Å². The van der Waals surface area contributed by atoms with E-state index in [2.05, 4.69) is 0 Å². The number of aryl methyl sites for hydroxylation is 3. The zero-order chi connectivity index (χ0) is 14.4. The first-order valence-corrected chi connectivity index (χ1v) is 6.38. The molecular formula is C15H16N2O3. The molecule has 0 aliphatic rings. The van der Waals surface area contributed by atoms with Gasteiger partial charge in [-0.3, -0.25) is 9.13 Å². The summed E-state index contributed by atoms with van der Waals surface area (Å²) in [5, 5.41) is 10.4. The second kappa shape index (κ2) is 4.38. The van der Waals surface area contributed by atoms with E-state index in [1.807, 2.05) is 31.2 Å².